The van der Waals surface area contributed by atoms with Gasteiger partial charge < -0.3 is 27.4 Å². The summed E-state index contributed by atoms with van der Waals surface area (Å²) >= 11 is 22.7. The first-order valence-corrected chi connectivity index (χ1v) is 30.4. The van der Waals surface area contributed by atoms with Gasteiger partial charge in [0, 0.05) is 144 Å². The van der Waals surface area contributed by atoms with Crippen molar-refractivity contribution in [2.24, 2.45) is 0 Å². The number of nitrogens with zero attached hydrogens (tertiary/aromatic N) is 10. The van der Waals surface area contributed by atoms with Crippen LogP contribution in [0.2, 0.25) is 5.15 Å². The van der Waals surface area contributed by atoms with Gasteiger partial charge in [-0.2, -0.15) is 0 Å². The van der Waals surface area contributed by atoms with Crippen LogP contribution in [0.4, 0.5) is 11.4 Å². The summed E-state index contributed by atoms with van der Waals surface area (Å²) in [5, 5.41) is 1.72. The van der Waals surface area contributed by atoms with Gasteiger partial charge in [0.15, 0.2) is 5.78 Å². The molecular formula is C59H54BrCl4N13NaO6P. The Morgan fingerprint density at radius 1 is 0.682 bits per heavy atom. The molecule has 0 bridgehead atoms. The zero-order chi connectivity index (χ0) is 60.7. The van der Waals surface area contributed by atoms with Crippen molar-refractivity contribution in [3.05, 3.63) is 229 Å². The van der Waals surface area contributed by atoms with E-state index in [1.165, 1.54) is 11.5 Å². The molecule has 0 aliphatic heterocycles. The van der Waals surface area contributed by atoms with Crippen LogP contribution in [0.3, 0.4) is 0 Å². The first kappa shape index (κ1) is 69.7. The van der Waals surface area contributed by atoms with E-state index in [1.54, 1.807) is 112 Å². The summed E-state index contributed by atoms with van der Waals surface area (Å²) in [4.78, 5) is 71.6. The number of esters is 2. The number of H-pyrrole nitrogens is 1. The Bertz CT molecular complexity index is 3990. The van der Waals surface area contributed by atoms with E-state index in [0.717, 1.165) is 71.4 Å². The maximum Gasteiger partial charge on any atom is 1.00 e. The van der Waals surface area contributed by atoms with Crippen molar-refractivity contribution < 1.29 is 59.4 Å². The number of halogens is 5. The molecule has 432 valence electrons. The molecule has 11 heterocycles. The van der Waals surface area contributed by atoms with Gasteiger partial charge in [-0.05, 0) is 172 Å². The van der Waals surface area contributed by atoms with Crippen LogP contribution >= 0.6 is 66.5 Å². The topological polar surface area (TPSA) is 276 Å². The molecular weight excluding hydrogens is 1260 g/mol. The maximum atomic E-state index is 11.0. The Hall–Kier alpha value is -7.75. The molecule has 1 aliphatic carbocycles. The van der Waals surface area contributed by atoms with E-state index in [-0.39, 0.29) is 48.7 Å². The summed E-state index contributed by atoms with van der Waals surface area (Å²) < 4.78 is 21.6. The van der Waals surface area contributed by atoms with Gasteiger partial charge in [-0.1, -0.05) is 18.2 Å². The fraction of sp³-hybridized carbons (Fsp3) is 0.0847. The molecule has 26 heteroatoms. The third kappa shape index (κ3) is 25.6. The second kappa shape index (κ2) is 37.5. The van der Waals surface area contributed by atoms with Crippen LogP contribution in [0.15, 0.2) is 207 Å². The summed E-state index contributed by atoms with van der Waals surface area (Å²) in [6.45, 7) is 7.50. The van der Waals surface area contributed by atoms with Crippen LogP contribution < -0.4 is 41.0 Å². The molecule has 0 saturated carbocycles. The van der Waals surface area contributed by atoms with Crippen molar-refractivity contribution in [1.82, 2.24) is 54.4 Å². The molecule has 0 amide bonds. The summed E-state index contributed by atoms with van der Waals surface area (Å²) in [7, 11) is 0. The van der Waals surface area contributed by atoms with Crippen molar-refractivity contribution >= 4 is 151 Å². The quantitative estimate of drug-likeness (QED) is 0.0459. The van der Waals surface area contributed by atoms with Crippen LogP contribution in [0, 0.1) is 0 Å². The third-order valence-electron chi connectivity index (χ3n) is 10.6. The van der Waals surface area contributed by atoms with Crippen LogP contribution in [0.25, 0.3) is 61.6 Å². The Kier molecular flexibility index (Phi) is 30.8. The Balaban J connectivity index is 0.000000264. The minimum Gasteiger partial charge on any atom is -1.00 e. The number of aromatic amines is 1. The van der Waals surface area contributed by atoms with Crippen molar-refractivity contribution in [3.8, 4) is 5.82 Å². The van der Waals surface area contributed by atoms with E-state index in [0.29, 0.717) is 36.0 Å². The van der Waals surface area contributed by atoms with Crippen LogP contribution in [0.1, 0.15) is 32.0 Å². The molecule has 5 N–H and O–H groups in total. The van der Waals surface area contributed by atoms with E-state index < -0.39 is 5.20 Å². The first-order valence-electron chi connectivity index (χ1n) is 24.8. The molecule has 19 nitrogen and oxygen atoms in total. The van der Waals surface area contributed by atoms with Crippen molar-refractivity contribution in [3.63, 3.8) is 0 Å². The SMILES string of the molecule is C=CC(=O)OCC.CCOC(=O)/C=C/c1cnccc1N.Clc1ccc2cnccc2n1.Nc1ccncc1Br.O=C1C=Cc2cnccc2C1.O=P(Cl)(Cl)Cl.[H-].[Na+].c1cc2cc[nH]c2cn1.c1cc2nc(-n3ccc4ccncc43)ccc2cn1. The number of nitrogens with one attached hydrogen (secondary N) is 1. The van der Waals surface area contributed by atoms with E-state index in [1.807, 2.05) is 96.2 Å². The monoisotopic (exact) mass is 1310 g/mol. The number of fused-ring (bicyclic) bond motifs is 5. The number of anilines is 2. The van der Waals surface area contributed by atoms with Gasteiger partial charge in [0.05, 0.1) is 52.1 Å². The molecule has 0 radical (unpaired) electrons. The molecule has 11 aromatic rings. The fourth-order valence-corrected chi connectivity index (χ4v) is 7.17. The Morgan fingerprint density at radius 3 is 1.87 bits per heavy atom. The smallest absolute Gasteiger partial charge is 1.00 e. The average Bonchev–Trinajstić information content (AvgIpc) is 3.87. The zero-order valence-electron chi connectivity index (χ0n) is 46.9. The maximum absolute atomic E-state index is 11.0. The van der Waals surface area contributed by atoms with Gasteiger partial charge in [-0.3, -0.25) is 48.8 Å². The molecule has 0 atom stereocenters. The molecule has 0 fully saturated rings. The molecule has 0 spiro atoms. The molecule has 1 aliphatic rings. The number of rotatable bonds is 6. The normalized spacial score (nSPS) is 10.7. The molecule has 0 saturated heterocycles. The predicted octanol–water partition coefficient (Wildman–Crippen LogP) is 11.4. The van der Waals surface area contributed by atoms with Gasteiger partial charge in [0.25, 0.3) is 0 Å². The first-order chi connectivity index (χ1) is 40.5. The number of carbonyl (C=O) groups excluding carboxylic acids is 3. The predicted molar refractivity (Wildman–Crippen MR) is 341 cm³/mol. The number of nitrogen functional groups attached to an aromatic ring is 2. The van der Waals surface area contributed by atoms with E-state index >= 15 is 0 Å². The fourth-order valence-electron chi connectivity index (χ4n) is 6.76. The van der Waals surface area contributed by atoms with Gasteiger partial charge >= 0.3 is 46.7 Å². The van der Waals surface area contributed by atoms with Gasteiger partial charge in [0.2, 0.25) is 0 Å². The Labute approximate surface area is 540 Å². The van der Waals surface area contributed by atoms with Crippen LogP contribution in [-0.2, 0) is 34.8 Å². The van der Waals surface area contributed by atoms with E-state index in [2.05, 4.69) is 117 Å². The second-order valence-electron chi connectivity index (χ2n) is 16.4. The molecule has 85 heavy (non-hydrogen) atoms. The third-order valence-corrected chi connectivity index (χ3v) is 11.5. The number of aromatic nitrogens is 11. The summed E-state index contributed by atoms with van der Waals surface area (Å²) in [6.07, 6.45) is 36.2. The summed E-state index contributed by atoms with van der Waals surface area (Å²) in [5.41, 5.74) is 19.2. The number of carbonyl (C=O) groups is 3. The summed E-state index contributed by atoms with van der Waals surface area (Å²) in [6, 6.07) is 24.8. The van der Waals surface area contributed by atoms with E-state index in [4.69, 9.17) is 27.8 Å². The van der Waals surface area contributed by atoms with Gasteiger partial charge in [-0.25, -0.2) is 19.6 Å². The minimum atomic E-state index is -3.22. The Morgan fingerprint density at radius 2 is 1.25 bits per heavy atom. The van der Waals surface area contributed by atoms with Crippen molar-refractivity contribution in [2.45, 2.75) is 20.3 Å². The van der Waals surface area contributed by atoms with Crippen molar-refractivity contribution in [1.29, 1.82) is 0 Å². The molecule has 0 unspecified atom stereocenters. The van der Waals surface area contributed by atoms with Crippen LogP contribution in [-0.4, -0.2) is 85.3 Å². The van der Waals surface area contributed by atoms with Crippen LogP contribution in [0.5, 0.6) is 0 Å². The van der Waals surface area contributed by atoms with Gasteiger partial charge in [0.1, 0.15) is 11.0 Å². The number of allylic oxidation sites excluding steroid dienone is 1. The number of ketones is 1. The second-order valence-corrected chi connectivity index (χ2v) is 24.3. The molecule has 11 aromatic heterocycles. The number of pyridine rings is 9. The molecule has 12 rings (SSSR count). The number of nitrogens with two attached hydrogens (primary N) is 2. The summed E-state index contributed by atoms with van der Waals surface area (Å²) in [5.74, 6) is 0.323. The number of hydrogen-bond donors (Lipinski definition) is 3. The van der Waals surface area contributed by atoms with Crippen molar-refractivity contribution in [2.75, 3.05) is 24.7 Å². The standard InChI is InChI=1S/C15H10N4.C10H12N2O2.C9H7NO.C8H5ClN2.C7H6N2.C5H5BrN2.C5H8O2.Cl3OP.Na.H/c1-2-15(18-13-4-7-16-9-12(1)13)19-8-5-11-3-6-17-10-14(11)19;1-2-14-10(13)4-3-8-7-12-6-5-9(8)11;11-9-2-1-8-6-10-4-3-7(8)5-9;9-8-2-1-6-5-10-4-3-7(6)11-8;1-3-8-5-7-6(1)2-4-9-7;6-4-3-8-2-1-5(4)7;1-3-5(6)7-4-2;1-5(2,3)4;;/h1-10H;3-7H,2H2,1H3,(H2,11,12);1-4,6H,5H2;1-5H;1-5,9H;1-3H,(H2,7,8);3H,1,4H2,2H3;;;/q;;;;;;;;+1;-1/b;4-3+;;;;;;;;. The largest absolute Gasteiger partial charge is 1.00 e. The zero-order valence-corrected chi connectivity index (χ0v) is 53.4. The number of hydrogen-bond acceptors (Lipinski definition) is 17. The van der Waals surface area contributed by atoms with Gasteiger partial charge in [-0.15, -0.1) is 0 Å². The average molecular weight is 1320 g/mol. The van der Waals surface area contributed by atoms with E-state index in [9.17, 15) is 18.9 Å². The number of ether oxygens (including phenoxy) is 2. The molecule has 0 aromatic carbocycles. The minimum absolute atomic E-state index is 0.